The van der Waals surface area contributed by atoms with Gasteiger partial charge in [-0.05, 0) is 72.5 Å². The number of alkyl halides is 2. The van der Waals surface area contributed by atoms with Crippen molar-refractivity contribution in [2.45, 2.75) is 93.8 Å². The lowest BCUT2D eigenvalue weighted by Gasteiger charge is -2.12. The average molecular weight is 601 g/mol. The quantitative estimate of drug-likeness (QED) is 0.162. The molecule has 0 fully saturated rings. The fourth-order valence-electron chi connectivity index (χ4n) is 3.02. The molecule has 4 nitrogen and oxygen atoms in total. The molecular formula is C35H47ClF2N2O2. The van der Waals surface area contributed by atoms with Gasteiger partial charge < -0.3 is 9.47 Å². The normalized spacial score (nSPS) is 11.7. The molecule has 1 aromatic heterocycles. The molecule has 0 aliphatic carbocycles. The smallest absolute Gasteiger partial charge is 0.266 e. The van der Waals surface area contributed by atoms with Gasteiger partial charge in [-0.1, -0.05) is 107 Å². The second-order valence-corrected chi connectivity index (χ2v) is 10.7. The molecule has 2 aromatic carbocycles. The SMILES string of the molecule is C/C=C(\C)C(C)(F)F.CCC(C)C.CCCC=C(C)c1ccc(COc2nc(Cl)ncc2OCc2ccccc2)cc1. The van der Waals surface area contributed by atoms with Crippen LogP contribution in [0.2, 0.25) is 5.28 Å². The van der Waals surface area contributed by atoms with Crippen molar-refractivity contribution in [1.82, 2.24) is 9.97 Å². The second kappa shape index (κ2) is 19.8. The lowest BCUT2D eigenvalue weighted by atomic mass is 10.0. The second-order valence-electron chi connectivity index (χ2n) is 10.4. The van der Waals surface area contributed by atoms with Crippen LogP contribution in [0.3, 0.4) is 0 Å². The maximum Gasteiger partial charge on any atom is 0.266 e. The number of aromatic nitrogens is 2. The minimum atomic E-state index is -2.63. The topological polar surface area (TPSA) is 44.2 Å². The van der Waals surface area contributed by atoms with Crippen LogP contribution in [-0.2, 0) is 13.2 Å². The van der Waals surface area contributed by atoms with Gasteiger partial charge in [0, 0.05) is 6.92 Å². The Morgan fingerprint density at radius 1 is 0.952 bits per heavy atom. The summed E-state index contributed by atoms with van der Waals surface area (Å²) in [6.07, 6.45) is 8.78. The molecule has 42 heavy (non-hydrogen) atoms. The molecule has 0 radical (unpaired) electrons. The first-order chi connectivity index (χ1) is 19.9. The molecule has 3 rings (SSSR count). The average Bonchev–Trinajstić information content (AvgIpc) is 2.98. The summed E-state index contributed by atoms with van der Waals surface area (Å²) in [7, 11) is 0. The van der Waals surface area contributed by atoms with Crippen molar-refractivity contribution >= 4 is 17.2 Å². The summed E-state index contributed by atoms with van der Waals surface area (Å²) in [6, 6.07) is 18.2. The Labute approximate surface area is 256 Å². The van der Waals surface area contributed by atoms with Gasteiger partial charge in [0.15, 0.2) is 5.75 Å². The molecule has 0 aliphatic rings. The molecule has 0 unspecified atom stereocenters. The van der Waals surface area contributed by atoms with E-state index in [1.165, 1.54) is 30.6 Å². The first-order valence-electron chi connectivity index (χ1n) is 14.5. The summed E-state index contributed by atoms with van der Waals surface area (Å²) >= 11 is 5.95. The minimum absolute atomic E-state index is 0.123. The van der Waals surface area contributed by atoms with Crippen molar-refractivity contribution in [3.8, 4) is 11.6 Å². The lowest BCUT2D eigenvalue weighted by Crippen LogP contribution is -2.10. The van der Waals surface area contributed by atoms with Gasteiger partial charge >= 0.3 is 0 Å². The van der Waals surface area contributed by atoms with Crippen LogP contribution < -0.4 is 9.47 Å². The molecule has 230 valence electrons. The van der Waals surface area contributed by atoms with Gasteiger partial charge in [-0.2, -0.15) is 4.98 Å². The van der Waals surface area contributed by atoms with Crippen LogP contribution in [0.5, 0.6) is 11.6 Å². The highest BCUT2D eigenvalue weighted by molar-refractivity contribution is 6.28. The van der Waals surface area contributed by atoms with Crippen LogP contribution in [0.15, 0.2) is 78.5 Å². The molecule has 0 aliphatic heterocycles. The Bertz CT molecular complexity index is 1220. The van der Waals surface area contributed by atoms with E-state index in [2.05, 4.69) is 74.9 Å². The minimum Gasteiger partial charge on any atom is -0.482 e. The van der Waals surface area contributed by atoms with E-state index in [4.69, 9.17) is 21.1 Å². The van der Waals surface area contributed by atoms with Crippen molar-refractivity contribution in [1.29, 1.82) is 0 Å². The van der Waals surface area contributed by atoms with Crippen molar-refractivity contribution in [3.05, 3.63) is 100 Å². The number of halogens is 3. The Morgan fingerprint density at radius 2 is 1.52 bits per heavy atom. The van der Waals surface area contributed by atoms with Crippen molar-refractivity contribution < 1.29 is 18.3 Å². The monoisotopic (exact) mass is 600 g/mol. The largest absolute Gasteiger partial charge is 0.482 e. The third kappa shape index (κ3) is 15.1. The predicted molar refractivity (Wildman–Crippen MR) is 172 cm³/mol. The van der Waals surface area contributed by atoms with Gasteiger partial charge in [-0.25, -0.2) is 13.8 Å². The highest BCUT2D eigenvalue weighted by Gasteiger charge is 2.22. The maximum absolute atomic E-state index is 12.0. The highest BCUT2D eigenvalue weighted by Crippen LogP contribution is 2.27. The van der Waals surface area contributed by atoms with Crippen LogP contribution in [0.25, 0.3) is 5.57 Å². The molecule has 1 heterocycles. The zero-order valence-corrected chi connectivity index (χ0v) is 27.1. The Balaban J connectivity index is 0.000000567. The van der Waals surface area contributed by atoms with Gasteiger partial charge in [0.2, 0.25) is 5.28 Å². The molecule has 0 N–H and O–H groups in total. The number of rotatable bonds is 11. The lowest BCUT2D eigenvalue weighted by molar-refractivity contribution is 0.0633. The summed E-state index contributed by atoms with van der Waals surface area (Å²) in [6.45, 7) is 15.6. The number of ether oxygens (including phenoxy) is 2. The van der Waals surface area contributed by atoms with Crippen LogP contribution in [0.4, 0.5) is 8.78 Å². The summed E-state index contributed by atoms with van der Waals surface area (Å²) < 4.78 is 35.8. The first-order valence-corrected chi connectivity index (χ1v) is 14.9. The van der Waals surface area contributed by atoms with E-state index in [1.807, 2.05) is 30.3 Å². The number of hydrogen-bond acceptors (Lipinski definition) is 4. The number of benzene rings is 2. The van der Waals surface area contributed by atoms with Gasteiger partial charge in [-0.15, -0.1) is 0 Å². The third-order valence-corrected chi connectivity index (χ3v) is 6.58. The standard InChI is InChI=1S/C24H25ClN2O2.C6H10F2.C5H12/c1-3-4-8-18(2)21-13-11-20(12-14-21)17-29-23-22(15-26-24(25)27-23)28-16-19-9-6-5-7-10-19;1-4-5(2)6(3,7)8;1-4-5(2)3/h5-15H,3-4,16-17H2,1-2H3;4H,1-3H3;5H,4H2,1-3H3/b;5-4+;. The first kappa shape index (κ1) is 36.8. The van der Waals surface area contributed by atoms with Gasteiger partial charge in [0.1, 0.15) is 13.2 Å². The third-order valence-electron chi connectivity index (χ3n) is 6.40. The van der Waals surface area contributed by atoms with Gasteiger partial charge in [-0.3, -0.25) is 0 Å². The molecule has 0 atom stereocenters. The van der Waals surface area contributed by atoms with Crippen LogP contribution in [-0.4, -0.2) is 15.9 Å². The van der Waals surface area contributed by atoms with Gasteiger partial charge in [0.05, 0.1) is 6.20 Å². The zero-order chi connectivity index (χ0) is 31.5. The van der Waals surface area contributed by atoms with Crippen molar-refractivity contribution in [2.75, 3.05) is 0 Å². The highest BCUT2D eigenvalue weighted by atomic mass is 35.5. The summed E-state index contributed by atoms with van der Waals surface area (Å²) in [4.78, 5) is 8.18. The van der Waals surface area contributed by atoms with E-state index in [1.54, 1.807) is 13.1 Å². The Hall–Kier alpha value is -3.25. The molecular weight excluding hydrogens is 554 g/mol. The van der Waals surface area contributed by atoms with E-state index < -0.39 is 5.92 Å². The predicted octanol–water partition coefficient (Wildman–Crippen LogP) is 11.2. The Kier molecular flexibility index (Phi) is 17.3. The summed E-state index contributed by atoms with van der Waals surface area (Å²) in [5, 5.41) is 0.124. The molecule has 0 saturated carbocycles. The van der Waals surface area contributed by atoms with E-state index >= 15 is 0 Å². The van der Waals surface area contributed by atoms with Crippen molar-refractivity contribution in [3.63, 3.8) is 0 Å². The number of unbranched alkanes of at least 4 members (excludes halogenated alkanes) is 1. The summed E-state index contributed by atoms with van der Waals surface area (Å²) in [5.41, 5.74) is 4.73. The number of allylic oxidation sites excluding steroid dienone is 4. The summed E-state index contributed by atoms with van der Waals surface area (Å²) in [5.74, 6) is -0.943. The van der Waals surface area contributed by atoms with E-state index in [0.29, 0.717) is 24.8 Å². The number of hydrogen-bond donors (Lipinski definition) is 0. The van der Waals surface area contributed by atoms with Crippen LogP contribution in [0.1, 0.15) is 91.3 Å². The fourth-order valence-corrected chi connectivity index (χ4v) is 3.15. The Morgan fingerprint density at radius 3 is 2.02 bits per heavy atom. The molecule has 7 heteroatoms. The fraction of sp³-hybridized carbons (Fsp3) is 0.429. The maximum atomic E-state index is 12.0. The molecule has 3 aromatic rings. The zero-order valence-electron chi connectivity index (χ0n) is 26.4. The van der Waals surface area contributed by atoms with E-state index in [9.17, 15) is 8.78 Å². The van der Waals surface area contributed by atoms with E-state index in [-0.39, 0.29) is 10.9 Å². The molecule has 0 saturated heterocycles. The molecule has 0 spiro atoms. The van der Waals surface area contributed by atoms with Crippen molar-refractivity contribution in [2.24, 2.45) is 5.92 Å². The van der Waals surface area contributed by atoms with Crippen LogP contribution in [0, 0.1) is 5.92 Å². The molecule has 0 amide bonds. The molecule has 0 bridgehead atoms. The van der Waals surface area contributed by atoms with Crippen LogP contribution >= 0.6 is 11.6 Å². The number of nitrogens with zero attached hydrogens (tertiary/aromatic N) is 2. The van der Waals surface area contributed by atoms with E-state index in [0.717, 1.165) is 36.8 Å². The van der Waals surface area contributed by atoms with Gasteiger partial charge in [0.25, 0.3) is 11.8 Å².